The molecular formula is C22H16ClN5OS2. The number of aromatic nitrogens is 5. The van der Waals surface area contributed by atoms with Gasteiger partial charge in [0.25, 0.3) is 5.56 Å². The number of H-pyrrole nitrogens is 1. The maximum absolute atomic E-state index is 12.9. The molecule has 0 saturated heterocycles. The number of hydrogen-bond acceptors (Lipinski definition) is 6. The van der Waals surface area contributed by atoms with Crippen molar-refractivity contribution in [1.29, 1.82) is 0 Å². The molecule has 31 heavy (non-hydrogen) atoms. The summed E-state index contributed by atoms with van der Waals surface area (Å²) in [5.41, 5.74) is 2.64. The predicted molar refractivity (Wildman–Crippen MR) is 126 cm³/mol. The Morgan fingerprint density at radius 1 is 1.16 bits per heavy atom. The molecule has 1 atom stereocenters. The lowest BCUT2D eigenvalue weighted by molar-refractivity contribution is 0.861. The fourth-order valence-corrected chi connectivity index (χ4v) is 5.35. The summed E-state index contributed by atoms with van der Waals surface area (Å²) >= 11 is 9.07. The third-order valence-electron chi connectivity index (χ3n) is 4.82. The molecule has 3 heterocycles. The second kappa shape index (κ2) is 8.30. The summed E-state index contributed by atoms with van der Waals surface area (Å²) in [5.74, 6) is 0.601. The number of rotatable bonds is 5. The number of nitrogens with one attached hydrogen (secondary N) is 1. The van der Waals surface area contributed by atoms with Gasteiger partial charge in [-0.3, -0.25) is 9.36 Å². The average molecular weight is 466 g/mol. The van der Waals surface area contributed by atoms with E-state index in [4.69, 9.17) is 16.6 Å². The molecule has 3 aromatic heterocycles. The van der Waals surface area contributed by atoms with E-state index in [0.29, 0.717) is 21.4 Å². The summed E-state index contributed by atoms with van der Waals surface area (Å²) in [7, 11) is 0. The summed E-state index contributed by atoms with van der Waals surface area (Å²) in [5, 5.41) is 12.1. The molecule has 0 spiro atoms. The summed E-state index contributed by atoms with van der Waals surface area (Å²) in [6.07, 6.45) is 1.64. The Hall–Kier alpha value is -2.94. The molecule has 9 heteroatoms. The molecule has 0 amide bonds. The summed E-state index contributed by atoms with van der Waals surface area (Å²) < 4.78 is 1.86. The molecule has 0 fully saturated rings. The van der Waals surface area contributed by atoms with Crippen LogP contribution in [0, 0.1) is 0 Å². The quantitative estimate of drug-likeness (QED) is 0.335. The van der Waals surface area contributed by atoms with Crippen molar-refractivity contribution in [1.82, 2.24) is 24.7 Å². The van der Waals surface area contributed by atoms with Gasteiger partial charge >= 0.3 is 0 Å². The maximum Gasteiger partial charge on any atom is 0.260 e. The van der Waals surface area contributed by atoms with Crippen LogP contribution in [0.15, 0.2) is 76.3 Å². The van der Waals surface area contributed by atoms with Crippen LogP contribution < -0.4 is 5.56 Å². The van der Waals surface area contributed by atoms with Crippen molar-refractivity contribution in [3.63, 3.8) is 0 Å². The van der Waals surface area contributed by atoms with Crippen molar-refractivity contribution in [2.45, 2.75) is 17.3 Å². The van der Waals surface area contributed by atoms with Gasteiger partial charge in [0.05, 0.1) is 16.3 Å². The predicted octanol–water partition coefficient (Wildman–Crippen LogP) is 5.74. The highest BCUT2D eigenvalue weighted by atomic mass is 35.5. The van der Waals surface area contributed by atoms with Gasteiger partial charge in [-0.25, -0.2) is 4.98 Å². The number of benzene rings is 2. The lowest BCUT2D eigenvalue weighted by Gasteiger charge is -2.11. The van der Waals surface area contributed by atoms with Crippen molar-refractivity contribution in [2.75, 3.05) is 0 Å². The minimum absolute atomic E-state index is 0.135. The molecule has 6 nitrogen and oxygen atoms in total. The highest BCUT2D eigenvalue weighted by Gasteiger charge is 2.19. The van der Waals surface area contributed by atoms with Gasteiger partial charge in [-0.15, -0.1) is 21.5 Å². The zero-order chi connectivity index (χ0) is 21.4. The van der Waals surface area contributed by atoms with E-state index in [1.54, 1.807) is 6.33 Å². The molecule has 1 N–H and O–H groups in total. The summed E-state index contributed by atoms with van der Waals surface area (Å²) in [6, 6.07) is 17.4. The van der Waals surface area contributed by atoms with Crippen LogP contribution in [-0.4, -0.2) is 24.7 Å². The number of thiophene rings is 1. The van der Waals surface area contributed by atoms with Crippen LogP contribution in [0.1, 0.15) is 18.0 Å². The first kappa shape index (κ1) is 20.0. The van der Waals surface area contributed by atoms with Gasteiger partial charge < -0.3 is 4.98 Å². The number of hydrogen-bond donors (Lipinski definition) is 1. The maximum atomic E-state index is 12.9. The number of aromatic amines is 1. The van der Waals surface area contributed by atoms with Crippen LogP contribution in [0.2, 0.25) is 5.02 Å². The lowest BCUT2D eigenvalue weighted by atomic mass is 10.1. The molecular weight excluding hydrogens is 450 g/mol. The van der Waals surface area contributed by atoms with E-state index < -0.39 is 0 Å². The average Bonchev–Trinajstić information content (AvgIpc) is 3.41. The van der Waals surface area contributed by atoms with Crippen molar-refractivity contribution >= 4 is 44.9 Å². The second-order valence-electron chi connectivity index (χ2n) is 6.87. The van der Waals surface area contributed by atoms with Crippen molar-refractivity contribution < 1.29 is 0 Å². The molecule has 1 unspecified atom stereocenters. The first-order chi connectivity index (χ1) is 15.1. The third kappa shape index (κ3) is 3.89. The van der Waals surface area contributed by atoms with Crippen molar-refractivity contribution in [3.8, 4) is 16.8 Å². The van der Waals surface area contributed by atoms with Gasteiger partial charge in [-0.05, 0) is 30.7 Å². The fourth-order valence-electron chi connectivity index (χ4n) is 3.31. The fraction of sp³-hybridized carbons (Fsp3) is 0.0909. The Bertz CT molecular complexity index is 1430. The Kier molecular flexibility index (Phi) is 5.35. The number of halogens is 1. The van der Waals surface area contributed by atoms with E-state index >= 15 is 0 Å². The molecule has 5 rings (SSSR count). The minimum atomic E-state index is -0.137. The summed E-state index contributed by atoms with van der Waals surface area (Å²) in [4.78, 5) is 21.4. The number of fused-ring (bicyclic) bond motifs is 1. The SMILES string of the molecule is CC(Sc1nncn1-c1cccc(Cl)c1)c1nc2scc(-c3ccccc3)c2c(=O)[nH]1. The molecule has 2 aromatic carbocycles. The van der Waals surface area contributed by atoms with Gasteiger partial charge in [-0.1, -0.05) is 59.8 Å². The molecule has 0 saturated carbocycles. The molecule has 0 radical (unpaired) electrons. The van der Waals surface area contributed by atoms with Crippen LogP contribution in [0.4, 0.5) is 0 Å². The van der Waals surface area contributed by atoms with E-state index in [0.717, 1.165) is 21.6 Å². The van der Waals surface area contributed by atoms with Crippen LogP contribution in [0.5, 0.6) is 0 Å². The molecule has 0 bridgehead atoms. The van der Waals surface area contributed by atoms with Crippen LogP contribution >= 0.6 is 34.7 Å². The van der Waals surface area contributed by atoms with Crippen molar-refractivity contribution in [3.05, 3.63) is 87.5 Å². The standard InChI is InChI=1S/C22H16ClN5OS2/c1-13(31-22-27-24-12-28(22)16-9-5-8-15(23)10-16)19-25-20(29)18-17(11-30-21(18)26-19)14-6-3-2-4-7-14/h2-13H,1H3,(H,25,26,29). The zero-order valence-electron chi connectivity index (χ0n) is 16.3. The Morgan fingerprint density at radius 2 is 2.00 bits per heavy atom. The van der Waals surface area contributed by atoms with Gasteiger partial charge in [0, 0.05) is 16.0 Å². The zero-order valence-corrected chi connectivity index (χ0v) is 18.7. The smallest absolute Gasteiger partial charge is 0.260 e. The highest BCUT2D eigenvalue weighted by molar-refractivity contribution is 7.99. The van der Waals surface area contributed by atoms with Gasteiger partial charge in [0.2, 0.25) is 0 Å². The number of thioether (sulfide) groups is 1. The Labute approximate surface area is 191 Å². The molecule has 0 aliphatic carbocycles. The first-order valence-electron chi connectivity index (χ1n) is 9.49. The third-order valence-corrected chi connectivity index (χ3v) is 6.99. The normalized spacial score (nSPS) is 12.3. The molecule has 0 aliphatic rings. The van der Waals surface area contributed by atoms with E-state index in [1.165, 1.54) is 23.1 Å². The minimum Gasteiger partial charge on any atom is -0.309 e. The largest absolute Gasteiger partial charge is 0.309 e. The second-order valence-corrected chi connectivity index (χ2v) is 9.47. The van der Waals surface area contributed by atoms with Crippen LogP contribution in [-0.2, 0) is 0 Å². The topological polar surface area (TPSA) is 76.5 Å². The first-order valence-corrected chi connectivity index (χ1v) is 11.6. The molecule has 154 valence electrons. The van der Waals surface area contributed by atoms with Crippen LogP contribution in [0.25, 0.3) is 27.0 Å². The molecule has 0 aliphatic heterocycles. The van der Waals surface area contributed by atoms with E-state index in [-0.39, 0.29) is 10.8 Å². The van der Waals surface area contributed by atoms with E-state index in [2.05, 4.69) is 15.2 Å². The Morgan fingerprint density at radius 3 is 2.81 bits per heavy atom. The Balaban J connectivity index is 1.47. The van der Waals surface area contributed by atoms with Gasteiger partial charge in [0.1, 0.15) is 17.0 Å². The highest BCUT2D eigenvalue weighted by Crippen LogP contribution is 2.35. The van der Waals surface area contributed by atoms with Gasteiger partial charge in [-0.2, -0.15) is 0 Å². The summed E-state index contributed by atoms with van der Waals surface area (Å²) in [6.45, 7) is 1.98. The number of nitrogens with zero attached hydrogens (tertiary/aromatic N) is 4. The van der Waals surface area contributed by atoms with Crippen LogP contribution in [0.3, 0.4) is 0 Å². The lowest BCUT2D eigenvalue weighted by Crippen LogP contribution is -2.12. The monoisotopic (exact) mass is 465 g/mol. The van der Waals surface area contributed by atoms with Gasteiger partial charge in [0.15, 0.2) is 5.16 Å². The molecule has 5 aromatic rings. The van der Waals surface area contributed by atoms with E-state index in [1.807, 2.05) is 71.5 Å². The van der Waals surface area contributed by atoms with E-state index in [9.17, 15) is 4.79 Å². The van der Waals surface area contributed by atoms with Crippen molar-refractivity contribution in [2.24, 2.45) is 0 Å².